The summed E-state index contributed by atoms with van der Waals surface area (Å²) in [5.74, 6) is 1.45. The summed E-state index contributed by atoms with van der Waals surface area (Å²) >= 11 is 0. The molecule has 1 amide bonds. The first-order valence-corrected chi connectivity index (χ1v) is 8.40. The van der Waals surface area contributed by atoms with E-state index in [2.05, 4.69) is 5.32 Å². The van der Waals surface area contributed by atoms with Crippen molar-refractivity contribution >= 4 is 5.91 Å². The Kier molecular flexibility index (Phi) is 6.83. The van der Waals surface area contributed by atoms with Gasteiger partial charge in [-0.1, -0.05) is 36.4 Å². The number of nitrogens with one attached hydrogen (secondary N) is 2. The molecule has 5 nitrogen and oxygen atoms in total. The van der Waals surface area contributed by atoms with Crippen LogP contribution in [-0.2, 0) is 11.3 Å². The van der Waals surface area contributed by atoms with Gasteiger partial charge < -0.3 is 19.7 Å². The quantitative estimate of drug-likeness (QED) is 0.765. The maximum Gasteiger partial charge on any atom is 0.275 e. The fourth-order valence-electron chi connectivity index (χ4n) is 2.87. The van der Waals surface area contributed by atoms with Crippen molar-refractivity contribution in [1.29, 1.82) is 0 Å². The molecule has 0 aliphatic heterocycles. The van der Waals surface area contributed by atoms with Crippen molar-refractivity contribution < 1.29 is 19.2 Å². The molecule has 0 saturated heterocycles. The van der Waals surface area contributed by atoms with Crippen LogP contribution in [0, 0.1) is 0 Å². The molecule has 2 N–H and O–H groups in total. The third-order valence-electron chi connectivity index (χ3n) is 4.12. The zero-order valence-corrected chi connectivity index (χ0v) is 15.3. The maximum absolute atomic E-state index is 12.3. The average Bonchev–Trinajstić information content (AvgIpc) is 2.61. The van der Waals surface area contributed by atoms with Crippen LogP contribution in [0.2, 0.25) is 0 Å². The zero-order valence-electron chi connectivity index (χ0n) is 15.3. The van der Waals surface area contributed by atoms with E-state index >= 15 is 0 Å². The highest BCUT2D eigenvalue weighted by molar-refractivity contribution is 5.77. The zero-order chi connectivity index (χ0) is 18.2. The summed E-state index contributed by atoms with van der Waals surface area (Å²) in [6, 6.07) is 15.7. The van der Waals surface area contributed by atoms with Crippen molar-refractivity contribution in [2.75, 3.05) is 27.8 Å². The van der Waals surface area contributed by atoms with Gasteiger partial charge in [0.15, 0.2) is 18.0 Å². The molecule has 134 valence electrons. The molecule has 2 atom stereocenters. The van der Waals surface area contributed by atoms with Crippen LogP contribution >= 0.6 is 0 Å². The second-order valence-corrected chi connectivity index (χ2v) is 6.16. The number of ether oxygens (including phenoxy) is 2. The second kappa shape index (κ2) is 9.08. The molecule has 0 aliphatic carbocycles. The topological polar surface area (TPSA) is 52.0 Å². The van der Waals surface area contributed by atoms with Crippen molar-refractivity contribution in [3.63, 3.8) is 0 Å². The summed E-state index contributed by atoms with van der Waals surface area (Å²) in [5, 5.41) is 3.05. The average molecular weight is 343 g/mol. The number of hydrogen-bond acceptors (Lipinski definition) is 3. The molecule has 0 saturated carbocycles. The molecule has 5 heteroatoms. The van der Waals surface area contributed by atoms with Gasteiger partial charge in [-0.15, -0.1) is 0 Å². The van der Waals surface area contributed by atoms with Crippen LogP contribution in [-0.4, -0.2) is 33.7 Å². The van der Waals surface area contributed by atoms with Crippen LogP contribution in [0.5, 0.6) is 11.5 Å². The Labute approximate surface area is 149 Å². The number of methoxy groups -OCH3 is 2. The van der Waals surface area contributed by atoms with E-state index in [1.807, 2.05) is 62.5 Å². The standard InChI is InChI=1S/C20H26N2O3/c1-15(16-9-6-5-7-10-16)21-19(23)14-22(2)13-17-11-8-12-18(24-3)20(17)25-4/h5-12,15H,13-14H2,1-4H3,(H,21,23)/p+1/t15-/m1/s1. The van der Waals surface area contributed by atoms with E-state index in [0.29, 0.717) is 18.8 Å². The van der Waals surface area contributed by atoms with Crippen LogP contribution in [0.3, 0.4) is 0 Å². The summed E-state index contributed by atoms with van der Waals surface area (Å²) in [7, 11) is 5.24. The van der Waals surface area contributed by atoms with E-state index in [-0.39, 0.29) is 11.9 Å². The van der Waals surface area contributed by atoms with Gasteiger partial charge >= 0.3 is 0 Å². The summed E-state index contributed by atoms with van der Waals surface area (Å²) < 4.78 is 10.8. The van der Waals surface area contributed by atoms with Crippen LogP contribution in [0.15, 0.2) is 48.5 Å². The SMILES string of the molecule is COc1cccc(C[NH+](C)CC(=O)N[C@H](C)c2ccccc2)c1OC. The largest absolute Gasteiger partial charge is 0.493 e. The van der Waals surface area contributed by atoms with E-state index in [0.717, 1.165) is 21.8 Å². The molecular weight excluding hydrogens is 316 g/mol. The lowest BCUT2D eigenvalue weighted by Gasteiger charge is -2.19. The molecule has 2 rings (SSSR count). The lowest BCUT2D eigenvalue weighted by atomic mass is 10.1. The Morgan fingerprint density at radius 3 is 2.44 bits per heavy atom. The van der Waals surface area contributed by atoms with Gasteiger partial charge in [0.25, 0.3) is 5.91 Å². The van der Waals surface area contributed by atoms with E-state index in [4.69, 9.17) is 9.47 Å². The summed E-state index contributed by atoms with van der Waals surface area (Å²) in [6.07, 6.45) is 0. The molecule has 0 radical (unpaired) electrons. The number of para-hydroxylation sites is 1. The number of amides is 1. The highest BCUT2D eigenvalue weighted by atomic mass is 16.5. The van der Waals surface area contributed by atoms with Gasteiger partial charge in [0.2, 0.25) is 0 Å². The van der Waals surface area contributed by atoms with Gasteiger partial charge in [0.05, 0.1) is 32.9 Å². The van der Waals surface area contributed by atoms with Crippen LogP contribution in [0.1, 0.15) is 24.1 Å². The minimum absolute atomic E-state index is 0.00662. The number of benzene rings is 2. The molecule has 0 aromatic heterocycles. The lowest BCUT2D eigenvalue weighted by Crippen LogP contribution is -3.08. The molecule has 0 fully saturated rings. The molecule has 1 unspecified atom stereocenters. The van der Waals surface area contributed by atoms with Gasteiger partial charge in [0.1, 0.15) is 6.54 Å². The molecule has 0 heterocycles. The minimum Gasteiger partial charge on any atom is -0.493 e. The van der Waals surface area contributed by atoms with Gasteiger partial charge in [-0.05, 0) is 24.6 Å². The number of hydrogen-bond donors (Lipinski definition) is 2. The first kappa shape index (κ1) is 18.8. The normalized spacial score (nSPS) is 13.0. The highest BCUT2D eigenvalue weighted by Gasteiger charge is 2.17. The predicted octanol–water partition coefficient (Wildman–Crippen LogP) is 1.60. The second-order valence-electron chi connectivity index (χ2n) is 6.16. The van der Waals surface area contributed by atoms with E-state index < -0.39 is 0 Å². The van der Waals surface area contributed by atoms with Crippen LogP contribution in [0.25, 0.3) is 0 Å². The Hall–Kier alpha value is -2.53. The van der Waals surface area contributed by atoms with Crippen LogP contribution < -0.4 is 19.7 Å². The third kappa shape index (κ3) is 5.22. The number of likely N-dealkylation sites (N-methyl/N-ethyl adjacent to an activating group) is 1. The van der Waals surface area contributed by atoms with Gasteiger partial charge in [-0.3, -0.25) is 4.79 Å². The smallest absolute Gasteiger partial charge is 0.275 e. The summed E-state index contributed by atoms with van der Waals surface area (Å²) in [4.78, 5) is 13.4. The van der Waals surface area contributed by atoms with Gasteiger partial charge in [-0.2, -0.15) is 0 Å². The first-order valence-electron chi connectivity index (χ1n) is 8.40. The Balaban J connectivity index is 1.94. The Morgan fingerprint density at radius 1 is 1.08 bits per heavy atom. The van der Waals surface area contributed by atoms with Crippen molar-refractivity contribution in [1.82, 2.24) is 5.32 Å². The molecule has 0 bridgehead atoms. The molecule has 0 aliphatic rings. The summed E-state index contributed by atoms with van der Waals surface area (Å²) in [6.45, 7) is 3.05. The lowest BCUT2D eigenvalue weighted by molar-refractivity contribution is -0.885. The number of carbonyl (C=O) groups is 1. The van der Waals surface area contributed by atoms with Gasteiger partial charge in [-0.25, -0.2) is 0 Å². The van der Waals surface area contributed by atoms with Crippen molar-refractivity contribution in [3.8, 4) is 11.5 Å². The molecule has 2 aromatic rings. The van der Waals surface area contributed by atoms with Gasteiger partial charge in [0, 0.05) is 0 Å². The van der Waals surface area contributed by atoms with E-state index in [1.165, 1.54) is 0 Å². The Bertz CT molecular complexity index is 689. The molecule has 2 aromatic carbocycles. The number of carbonyl (C=O) groups excluding carboxylic acids is 1. The maximum atomic E-state index is 12.3. The molecular formula is C20H27N2O3+. The monoisotopic (exact) mass is 343 g/mol. The molecule has 25 heavy (non-hydrogen) atoms. The van der Waals surface area contributed by atoms with Crippen molar-refractivity contribution in [2.24, 2.45) is 0 Å². The highest BCUT2D eigenvalue weighted by Crippen LogP contribution is 2.29. The number of rotatable bonds is 8. The third-order valence-corrected chi connectivity index (χ3v) is 4.12. The van der Waals surface area contributed by atoms with Crippen molar-refractivity contribution in [3.05, 3.63) is 59.7 Å². The minimum atomic E-state index is -0.00662. The number of quaternary nitrogens is 1. The van der Waals surface area contributed by atoms with Crippen molar-refractivity contribution in [2.45, 2.75) is 19.5 Å². The van der Waals surface area contributed by atoms with E-state index in [9.17, 15) is 4.79 Å². The first-order chi connectivity index (χ1) is 12.0. The Morgan fingerprint density at radius 2 is 1.80 bits per heavy atom. The predicted molar refractivity (Wildman–Crippen MR) is 98.0 cm³/mol. The fourth-order valence-corrected chi connectivity index (χ4v) is 2.87. The summed E-state index contributed by atoms with van der Waals surface area (Å²) in [5.41, 5.74) is 2.12. The van der Waals surface area contributed by atoms with Crippen LogP contribution in [0.4, 0.5) is 0 Å². The fraction of sp³-hybridized carbons (Fsp3) is 0.350. The molecule has 0 spiro atoms. The van der Waals surface area contributed by atoms with E-state index in [1.54, 1.807) is 14.2 Å².